The fourth-order valence-corrected chi connectivity index (χ4v) is 4.42. The molecule has 150 valence electrons. The van der Waals surface area contributed by atoms with Crippen LogP contribution < -0.4 is 0 Å². The number of aryl methyl sites for hydroxylation is 1. The largest absolute Gasteiger partial charge is 0.280 e. The predicted molar refractivity (Wildman–Crippen MR) is 117 cm³/mol. The lowest BCUT2D eigenvalue weighted by Crippen LogP contribution is -2.47. The molecule has 0 unspecified atom stereocenters. The van der Waals surface area contributed by atoms with Gasteiger partial charge in [0.05, 0.1) is 6.17 Å². The third kappa shape index (κ3) is 4.69. The predicted octanol–water partition coefficient (Wildman–Crippen LogP) is 6.19. The topological polar surface area (TPSA) is 6.48 Å². The van der Waals surface area contributed by atoms with E-state index in [-0.39, 0.29) is 12.0 Å². The zero-order chi connectivity index (χ0) is 20.2. The van der Waals surface area contributed by atoms with Gasteiger partial charge in [-0.1, -0.05) is 77.8 Å². The van der Waals surface area contributed by atoms with E-state index in [4.69, 9.17) is 11.6 Å². The molecule has 4 rings (SSSR count). The van der Waals surface area contributed by atoms with Crippen molar-refractivity contribution in [1.82, 2.24) is 9.80 Å². The Hall–Kier alpha value is -2.20. The Bertz CT molecular complexity index is 919. The fourth-order valence-electron chi connectivity index (χ4n) is 4.23. The number of hydrogen-bond donors (Lipinski definition) is 0. The van der Waals surface area contributed by atoms with Crippen LogP contribution in [0.4, 0.5) is 4.39 Å². The third-order valence-corrected chi connectivity index (χ3v) is 5.95. The minimum absolute atomic E-state index is 0.0829. The average molecular weight is 409 g/mol. The first-order valence-corrected chi connectivity index (χ1v) is 10.5. The molecule has 1 aliphatic rings. The number of hydrogen-bond acceptors (Lipinski definition) is 2. The minimum Gasteiger partial charge on any atom is -0.280 e. The molecule has 1 fully saturated rings. The molecule has 0 aromatic heterocycles. The van der Waals surface area contributed by atoms with E-state index in [9.17, 15) is 4.39 Å². The number of halogens is 2. The van der Waals surface area contributed by atoms with Gasteiger partial charge in [-0.2, -0.15) is 0 Å². The van der Waals surface area contributed by atoms with Crippen molar-refractivity contribution in [2.75, 3.05) is 13.1 Å². The zero-order valence-corrected chi connectivity index (χ0v) is 17.4. The first kappa shape index (κ1) is 20.1. The molecule has 0 saturated carbocycles. The van der Waals surface area contributed by atoms with Crippen molar-refractivity contribution in [3.63, 3.8) is 0 Å². The highest BCUT2D eigenvalue weighted by molar-refractivity contribution is 6.31. The second kappa shape index (κ2) is 9.08. The van der Waals surface area contributed by atoms with E-state index in [2.05, 4.69) is 47.1 Å². The van der Waals surface area contributed by atoms with Crippen LogP contribution in [0, 0.1) is 12.7 Å². The van der Waals surface area contributed by atoms with Crippen LogP contribution in [-0.2, 0) is 13.1 Å². The minimum atomic E-state index is -0.140. The molecule has 1 saturated heterocycles. The molecule has 3 aromatic carbocycles. The molecule has 2 nitrogen and oxygen atoms in total. The van der Waals surface area contributed by atoms with E-state index < -0.39 is 0 Å². The molecule has 0 N–H and O–H groups in total. The highest BCUT2D eigenvalue weighted by atomic mass is 35.5. The smallest absolute Gasteiger partial charge is 0.127 e. The molecule has 4 heteroatoms. The van der Waals surface area contributed by atoms with Gasteiger partial charge in [-0.15, -0.1) is 0 Å². The van der Waals surface area contributed by atoms with Gasteiger partial charge in [0.25, 0.3) is 0 Å². The van der Waals surface area contributed by atoms with E-state index in [0.717, 1.165) is 42.2 Å². The maximum Gasteiger partial charge on any atom is 0.127 e. The lowest BCUT2D eigenvalue weighted by atomic mass is 10.0. The van der Waals surface area contributed by atoms with E-state index in [0.29, 0.717) is 6.54 Å². The molecule has 0 bridgehead atoms. The molecule has 0 amide bonds. The quantitative estimate of drug-likeness (QED) is 0.496. The monoisotopic (exact) mass is 408 g/mol. The van der Waals surface area contributed by atoms with Gasteiger partial charge in [0.1, 0.15) is 5.82 Å². The summed E-state index contributed by atoms with van der Waals surface area (Å²) in [5, 5.41) is 0.793. The van der Waals surface area contributed by atoms with Crippen molar-refractivity contribution in [2.24, 2.45) is 0 Å². The lowest BCUT2D eigenvalue weighted by molar-refractivity contribution is -0.00965. The van der Waals surface area contributed by atoms with Crippen LogP contribution >= 0.6 is 11.6 Å². The summed E-state index contributed by atoms with van der Waals surface area (Å²) in [6.07, 6.45) is 1.13. The normalized spacial score (nSPS) is 18.1. The van der Waals surface area contributed by atoms with Crippen molar-refractivity contribution in [3.8, 4) is 0 Å². The van der Waals surface area contributed by atoms with Crippen molar-refractivity contribution in [3.05, 3.63) is 106 Å². The summed E-state index contributed by atoms with van der Waals surface area (Å²) in [7, 11) is 0. The number of benzene rings is 3. The van der Waals surface area contributed by atoms with Crippen molar-refractivity contribution < 1.29 is 4.39 Å². The summed E-state index contributed by atoms with van der Waals surface area (Å²) in [5.74, 6) is -0.140. The Morgan fingerprint density at radius 1 is 0.862 bits per heavy atom. The fraction of sp³-hybridized carbons (Fsp3) is 0.280. The number of nitrogens with zero attached hydrogens (tertiary/aromatic N) is 2. The molecule has 0 radical (unpaired) electrons. The van der Waals surface area contributed by atoms with Crippen LogP contribution in [0.1, 0.15) is 34.8 Å². The van der Waals surface area contributed by atoms with Gasteiger partial charge >= 0.3 is 0 Å². The molecular formula is C25H26ClFN2. The molecule has 1 atom stereocenters. The Labute approximate surface area is 177 Å². The molecule has 0 spiro atoms. The molecule has 3 aromatic rings. The van der Waals surface area contributed by atoms with Gasteiger partial charge in [0, 0.05) is 36.8 Å². The first-order valence-electron chi connectivity index (χ1n) is 10.1. The second-order valence-electron chi connectivity index (χ2n) is 7.77. The van der Waals surface area contributed by atoms with Gasteiger partial charge < -0.3 is 0 Å². The van der Waals surface area contributed by atoms with Crippen molar-refractivity contribution in [1.29, 1.82) is 0 Å². The molecule has 0 aliphatic carbocycles. The summed E-state index contributed by atoms with van der Waals surface area (Å²) in [6, 6.07) is 23.8. The van der Waals surface area contributed by atoms with E-state index in [1.165, 1.54) is 11.1 Å². The van der Waals surface area contributed by atoms with Gasteiger partial charge in [-0.25, -0.2) is 4.39 Å². The molecule has 1 heterocycles. The van der Waals surface area contributed by atoms with E-state index in [1.807, 2.05) is 30.3 Å². The lowest BCUT2D eigenvalue weighted by Gasteiger charge is -2.44. The van der Waals surface area contributed by atoms with Crippen molar-refractivity contribution in [2.45, 2.75) is 32.6 Å². The molecule has 1 aliphatic heterocycles. The SMILES string of the molecule is Cc1cccc([C@H]2N(Cc3ccccc3F)CCCN2Cc2ccccc2Cl)c1. The van der Waals surface area contributed by atoms with Crippen LogP contribution in [0.15, 0.2) is 72.8 Å². The van der Waals surface area contributed by atoms with Crippen LogP contribution in [0.3, 0.4) is 0 Å². The molecular weight excluding hydrogens is 383 g/mol. The van der Waals surface area contributed by atoms with Gasteiger partial charge in [0.2, 0.25) is 0 Å². The third-order valence-electron chi connectivity index (χ3n) is 5.59. The summed E-state index contributed by atoms with van der Waals surface area (Å²) < 4.78 is 14.4. The summed E-state index contributed by atoms with van der Waals surface area (Å²) in [4.78, 5) is 4.84. The van der Waals surface area contributed by atoms with Crippen LogP contribution in [0.2, 0.25) is 5.02 Å². The highest BCUT2D eigenvalue weighted by Gasteiger charge is 2.31. The maximum atomic E-state index is 14.4. The first-order chi connectivity index (χ1) is 14.1. The van der Waals surface area contributed by atoms with Crippen LogP contribution in [-0.4, -0.2) is 22.9 Å². The average Bonchev–Trinajstić information content (AvgIpc) is 2.72. The summed E-state index contributed by atoms with van der Waals surface area (Å²) in [5.41, 5.74) is 4.34. The Kier molecular flexibility index (Phi) is 6.29. The van der Waals surface area contributed by atoms with Gasteiger partial charge in [-0.3, -0.25) is 9.80 Å². The van der Waals surface area contributed by atoms with Crippen LogP contribution in [0.25, 0.3) is 0 Å². The van der Waals surface area contributed by atoms with E-state index in [1.54, 1.807) is 12.1 Å². The van der Waals surface area contributed by atoms with Crippen molar-refractivity contribution >= 4 is 11.6 Å². The molecule has 29 heavy (non-hydrogen) atoms. The highest BCUT2D eigenvalue weighted by Crippen LogP contribution is 2.33. The van der Waals surface area contributed by atoms with Gasteiger partial charge in [-0.05, 0) is 36.6 Å². The van der Waals surface area contributed by atoms with Crippen LogP contribution in [0.5, 0.6) is 0 Å². The number of rotatable bonds is 5. The Morgan fingerprint density at radius 2 is 1.52 bits per heavy atom. The van der Waals surface area contributed by atoms with E-state index >= 15 is 0 Å². The Morgan fingerprint density at radius 3 is 2.21 bits per heavy atom. The summed E-state index contributed by atoms with van der Waals surface area (Å²) >= 11 is 6.46. The summed E-state index contributed by atoms with van der Waals surface area (Å²) in [6.45, 7) is 5.39. The Balaban J connectivity index is 1.68. The zero-order valence-electron chi connectivity index (χ0n) is 16.7. The standard InChI is InChI=1S/C25H26ClFN2/c1-19-8-6-11-20(16-19)25-28(17-21-9-2-4-12-23(21)26)14-7-15-29(25)18-22-10-3-5-13-24(22)27/h2-6,8-13,16,25H,7,14-15,17-18H2,1H3/t25-/m1/s1. The maximum absolute atomic E-state index is 14.4. The second-order valence-corrected chi connectivity index (χ2v) is 8.17. The van der Waals surface area contributed by atoms with Gasteiger partial charge in [0.15, 0.2) is 0 Å².